The highest BCUT2D eigenvalue weighted by Crippen LogP contribution is 2.25. The average molecular weight is 326 g/mol. The van der Waals surface area contributed by atoms with Gasteiger partial charge in [-0.05, 0) is 12.8 Å². The number of hydrogen-bond acceptors (Lipinski definition) is 4. The molecule has 0 saturated heterocycles. The van der Waals surface area contributed by atoms with Crippen LogP contribution < -0.4 is 11.1 Å². The number of aromatic nitrogens is 1. The Morgan fingerprint density at radius 1 is 1.37 bits per heavy atom. The molecule has 1 aromatic rings. The molecule has 4 nitrogen and oxygen atoms in total. The van der Waals surface area contributed by atoms with Gasteiger partial charge in [-0.2, -0.15) is 0 Å². The molecule has 1 heterocycles. The Labute approximate surface area is 130 Å². The van der Waals surface area contributed by atoms with E-state index < -0.39 is 5.54 Å². The van der Waals surface area contributed by atoms with Gasteiger partial charge in [0.25, 0.3) is 0 Å². The molecule has 19 heavy (non-hydrogen) atoms. The molecule has 1 amide bonds. The largest absolute Gasteiger partial charge is 0.354 e. The first kappa shape index (κ1) is 18.6. The highest BCUT2D eigenvalue weighted by molar-refractivity contribution is 7.07. The van der Waals surface area contributed by atoms with Gasteiger partial charge in [0.05, 0.1) is 16.7 Å². The second kappa shape index (κ2) is 8.74. The Morgan fingerprint density at radius 2 is 2.05 bits per heavy atom. The number of rotatable bonds is 4. The minimum absolute atomic E-state index is 0. The molecule has 1 aliphatic carbocycles. The van der Waals surface area contributed by atoms with E-state index >= 15 is 0 Å². The van der Waals surface area contributed by atoms with Crippen LogP contribution in [0.5, 0.6) is 0 Å². The fourth-order valence-electron chi connectivity index (χ4n) is 2.25. The number of nitrogens with two attached hydrogens (primary N) is 1. The van der Waals surface area contributed by atoms with Crippen molar-refractivity contribution in [3.63, 3.8) is 0 Å². The van der Waals surface area contributed by atoms with Crippen LogP contribution in [0.15, 0.2) is 10.9 Å². The van der Waals surface area contributed by atoms with Crippen LogP contribution in [-0.2, 0) is 11.2 Å². The number of nitrogens with zero attached hydrogens (tertiary/aromatic N) is 1. The van der Waals surface area contributed by atoms with Crippen molar-refractivity contribution in [2.75, 3.05) is 6.54 Å². The maximum atomic E-state index is 12.0. The number of thiazole rings is 1. The Bertz CT molecular complexity index is 367. The minimum atomic E-state index is -0.625. The molecule has 0 atom stereocenters. The van der Waals surface area contributed by atoms with Crippen molar-refractivity contribution in [3.05, 3.63) is 16.6 Å². The zero-order valence-corrected chi connectivity index (χ0v) is 13.2. The van der Waals surface area contributed by atoms with Crippen LogP contribution in [0.2, 0.25) is 0 Å². The molecular formula is C12H21Cl2N3OS. The van der Waals surface area contributed by atoms with Gasteiger partial charge in [-0.1, -0.05) is 19.3 Å². The zero-order chi connectivity index (χ0) is 12.1. The molecule has 0 aromatic carbocycles. The predicted octanol–water partition coefficient (Wildman–Crippen LogP) is 2.31. The number of carbonyl (C=O) groups is 1. The fraction of sp³-hybridized carbons (Fsp3) is 0.667. The topological polar surface area (TPSA) is 68.0 Å². The normalized spacial score (nSPS) is 16.9. The van der Waals surface area contributed by atoms with Gasteiger partial charge in [0.2, 0.25) is 5.91 Å². The van der Waals surface area contributed by atoms with E-state index in [0.717, 1.165) is 37.8 Å². The Kier molecular flexibility index (Phi) is 8.57. The third-order valence-electron chi connectivity index (χ3n) is 3.35. The van der Waals surface area contributed by atoms with Gasteiger partial charge in [0.15, 0.2) is 0 Å². The van der Waals surface area contributed by atoms with Gasteiger partial charge in [-0.15, -0.1) is 36.2 Å². The van der Waals surface area contributed by atoms with Gasteiger partial charge in [0, 0.05) is 18.3 Å². The fourth-order valence-corrected chi connectivity index (χ4v) is 2.84. The van der Waals surface area contributed by atoms with Crippen molar-refractivity contribution in [1.82, 2.24) is 10.3 Å². The summed E-state index contributed by atoms with van der Waals surface area (Å²) in [6.07, 6.45) is 5.74. The number of amides is 1. The first-order valence-corrected chi connectivity index (χ1v) is 7.09. The highest BCUT2D eigenvalue weighted by atomic mass is 35.5. The molecule has 1 aromatic heterocycles. The summed E-state index contributed by atoms with van der Waals surface area (Å²) in [5.41, 5.74) is 8.35. The molecule has 1 saturated carbocycles. The van der Waals surface area contributed by atoms with E-state index in [1.165, 1.54) is 6.42 Å². The van der Waals surface area contributed by atoms with Crippen LogP contribution in [0.1, 0.15) is 37.8 Å². The van der Waals surface area contributed by atoms with Gasteiger partial charge >= 0.3 is 0 Å². The van der Waals surface area contributed by atoms with Crippen molar-refractivity contribution >= 4 is 42.1 Å². The molecule has 0 bridgehead atoms. The maximum Gasteiger partial charge on any atom is 0.240 e. The van der Waals surface area contributed by atoms with Crippen LogP contribution in [0.3, 0.4) is 0 Å². The molecule has 0 unspecified atom stereocenters. The van der Waals surface area contributed by atoms with E-state index in [-0.39, 0.29) is 30.7 Å². The first-order chi connectivity index (χ1) is 8.21. The van der Waals surface area contributed by atoms with E-state index in [2.05, 4.69) is 10.3 Å². The summed E-state index contributed by atoms with van der Waals surface area (Å²) in [7, 11) is 0. The predicted molar refractivity (Wildman–Crippen MR) is 83.3 cm³/mol. The lowest BCUT2D eigenvalue weighted by Crippen LogP contribution is -2.55. The van der Waals surface area contributed by atoms with Crippen molar-refractivity contribution in [2.45, 2.75) is 44.1 Å². The third-order valence-corrected chi connectivity index (χ3v) is 3.98. The van der Waals surface area contributed by atoms with Gasteiger partial charge in [0.1, 0.15) is 0 Å². The lowest BCUT2D eigenvalue weighted by molar-refractivity contribution is -0.127. The molecular weight excluding hydrogens is 305 g/mol. The van der Waals surface area contributed by atoms with Crippen LogP contribution in [0.25, 0.3) is 0 Å². The molecule has 0 aliphatic heterocycles. The SMILES string of the molecule is Cl.Cl.NC1(C(=O)NCCc2cscn2)CCCCC1. The molecule has 7 heteroatoms. The number of hydrogen-bond donors (Lipinski definition) is 2. The molecule has 0 radical (unpaired) electrons. The monoisotopic (exact) mass is 325 g/mol. The smallest absolute Gasteiger partial charge is 0.240 e. The first-order valence-electron chi connectivity index (χ1n) is 6.15. The van der Waals surface area contributed by atoms with E-state index in [1.807, 2.05) is 10.9 Å². The van der Waals surface area contributed by atoms with Crippen molar-refractivity contribution in [1.29, 1.82) is 0 Å². The Morgan fingerprint density at radius 3 is 2.63 bits per heavy atom. The summed E-state index contributed by atoms with van der Waals surface area (Å²) in [6.45, 7) is 0.627. The van der Waals surface area contributed by atoms with E-state index in [4.69, 9.17) is 5.73 Å². The standard InChI is InChI=1S/C12H19N3OS.2ClH/c13-12(5-2-1-3-6-12)11(16)14-7-4-10-8-17-9-15-10;;/h8-9H,1-7,13H2,(H,14,16);2*1H. The molecule has 3 N–H and O–H groups in total. The second-order valence-corrected chi connectivity index (χ2v) is 5.42. The second-order valence-electron chi connectivity index (χ2n) is 4.70. The van der Waals surface area contributed by atoms with Crippen molar-refractivity contribution < 1.29 is 4.79 Å². The molecule has 2 rings (SSSR count). The Hall–Kier alpha value is -0.360. The lowest BCUT2D eigenvalue weighted by atomic mass is 9.82. The molecule has 110 valence electrons. The van der Waals surface area contributed by atoms with Crippen molar-refractivity contribution in [2.24, 2.45) is 5.73 Å². The minimum Gasteiger partial charge on any atom is -0.354 e. The third kappa shape index (κ3) is 5.26. The van der Waals surface area contributed by atoms with Crippen molar-refractivity contribution in [3.8, 4) is 0 Å². The summed E-state index contributed by atoms with van der Waals surface area (Å²) in [6, 6.07) is 0. The van der Waals surface area contributed by atoms with E-state index in [0.29, 0.717) is 6.54 Å². The van der Waals surface area contributed by atoms with E-state index in [9.17, 15) is 4.79 Å². The summed E-state index contributed by atoms with van der Waals surface area (Å²) in [5.74, 6) is 0.00688. The quantitative estimate of drug-likeness (QED) is 0.892. The molecule has 1 aliphatic rings. The van der Waals surface area contributed by atoms with Gasteiger partial charge in [-0.25, -0.2) is 4.98 Å². The zero-order valence-electron chi connectivity index (χ0n) is 10.8. The molecule has 0 spiro atoms. The number of halogens is 2. The number of nitrogens with one attached hydrogen (secondary N) is 1. The summed E-state index contributed by atoms with van der Waals surface area (Å²) in [5, 5.41) is 4.94. The van der Waals surface area contributed by atoms with Crippen LogP contribution in [-0.4, -0.2) is 23.0 Å². The maximum absolute atomic E-state index is 12.0. The Balaban J connectivity index is 0.00000162. The van der Waals surface area contributed by atoms with Gasteiger partial charge < -0.3 is 11.1 Å². The highest BCUT2D eigenvalue weighted by Gasteiger charge is 2.34. The van der Waals surface area contributed by atoms with Crippen LogP contribution in [0, 0.1) is 0 Å². The average Bonchev–Trinajstić information content (AvgIpc) is 2.83. The number of carbonyl (C=O) groups excluding carboxylic acids is 1. The summed E-state index contributed by atoms with van der Waals surface area (Å²) < 4.78 is 0. The lowest BCUT2D eigenvalue weighted by Gasteiger charge is -2.31. The summed E-state index contributed by atoms with van der Waals surface area (Å²) >= 11 is 1.58. The van der Waals surface area contributed by atoms with Crippen LogP contribution >= 0.6 is 36.2 Å². The molecule has 1 fully saturated rings. The van der Waals surface area contributed by atoms with E-state index in [1.54, 1.807) is 11.3 Å². The van der Waals surface area contributed by atoms with Crippen LogP contribution in [0.4, 0.5) is 0 Å². The van der Waals surface area contributed by atoms with Gasteiger partial charge in [-0.3, -0.25) is 4.79 Å². The summed E-state index contributed by atoms with van der Waals surface area (Å²) in [4.78, 5) is 16.2.